The molecule has 1 amide bonds. The molecule has 1 fully saturated rings. The van der Waals surface area contributed by atoms with E-state index in [0.29, 0.717) is 55.1 Å². The van der Waals surface area contributed by atoms with E-state index < -0.39 is 6.17 Å². The van der Waals surface area contributed by atoms with Gasteiger partial charge in [-0.05, 0) is 56.4 Å². The summed E-state index contributed by atoms with van der Waals surface area (Å²) in [7, 11) is 0. The quantitative estimate of drug-likeness (QED) is 0.390. The minimum Gasteiger partial charge on any atom is -0.369 e. The number of amides is 1. The van der Waals surface area contributed by atoms with Crippen LogP contribution in [0.2, 0.25) is 0 Å². The van der Waals surface area contributed by atoms with Crippen molar-refractivity contribution in [3.8, 4) is 17.9 Å². The second-order valence-electron chi connectivity index (χ2n) is 8.00. The Kier molecular flexibility index (Phi) is 9.02. The molecule has 2 aromatic rings. The number of carbonyl (C=O) groups is 1. The third-order valence-electron chi connectivity index (χ3n) is 5.34. The molecule has 1 aliphatic carbocycles. The van der Waals surface area contributed by atoms with Crippen molar-refractivity contribution in [1.29, 1.82) is 5.26 Å². The molecule has 1 aromatic heterocycles. The summed E-state index contributed by atoms with van der Waals surface area (Å²) < 4.78 is 13.2. The van der Waals surface area contributed by atoms with Gasteiger partial charge in [-0.1, -0.05) is 18.8 Å². The van der Waals surface area contributed by atoms with Crippen LogP contribution in [0.5, 0.6) is 0 Å². The van der Waals surface area contributed by atoms with Gasteiger partial charge < -0.3 is 16.0 Å². The summed E-state index contributed by atoms with van der Waals surface area (Å²) in [4.78, 5) is 20.9. The average molecular weight is 449 g/mol. The third-order valence-corrected chi connectivity index (χ3v) is 5.34. The lowest BCUT2D eigenvalue weighted by Gasteiger charge is -2.10. The molecule has 0 bridgehead atoms. The van der Waals surface area contributed by atoms with Crippen molar-refractivity contribution in [3.05, 3.63) is 41.6 Å². The van der Waals surface area contributed by atoms with E-state index in [1.165, 1.54) is 0 Å². The molecule has 3 rings (SSSR count). The molecule has 0 aliphatic heterocycles. The van der Waals surface area contributed by atoms with Gasteiger partial charge in [0.25, 0.3) is 0 Å². The summed E-state index contributed by atoms with van der Waals surface area (Å²) in [6.45, 7) is 3.36. The highest BCUT2D eigenvalue weighted by atomic mass is 19.1. The molecule has 1 aromatic carbocycles. The van der Waals surface area contributed by atoms with Gasteiger partial charge in [0.05, 0.1) is 23.4 Å². The predicted molar refractivity (Wildman–Crippen MR) is 127 cm³/mol. The molecule has 172 valence electrons. The number of alkyl halides is 1. The number of nitrogens with one attached hydrogen (secondary N) is 3. The van der Waals surface area contributed by atoms with Gasteiger partial charge in [-0.2, -0.15) is 10.2 Å². The molecular weight excluding hydrogens is 419 g/mol. The number of nitriles is 1. The number of unbranched alkanes of at least 4 members (excludes halogenated alkanes) is 1. The fourth-order valence-electron chi connectivity index (χ4n) is 3.52. The van der Waals surface area contributed by atoms with Gasteiger partial charge in [-0.3, -0.25) is 4.79 Å². The zero-order chi connectivity index (χ0) is 23.5. The van der Waals surface area contributed by atoms with Crippen LogP contribution in [0, 0.1) is 29.1 Å². The van der Waals surface area contributed by atoms with Gasteiger partial charge >= 0.3 is 0 Å². The average Bonchev–Trinajstić information content (AvgIpc) is 3.27. The summed E-state index contributed by atoms with van der Waals surface area (Å²) in [6, 6.07) is 9.15. The molecule has 8 heteroatoms. The molecule has 0 unspecified atom stereocenters. The second-order valence-corrected chi connectivity index (χ2v) is 8.00. The van der Waals surface area contributed by atoms with Crippen molar-refractivity contribution >= 4 is 23.4 Å². The van der Waals surface area contributed by atoms with E-state index in [0.717, 1.165) is 25.1 Å². The minimum absolute atomic E-state index is 0.0482. The lowest BCUT2D eigenvalue weighted by atomic mass is 10.1. The summed E-state index contributed by atoms with van der Waals surface area (Å²) in [5.41, 5.74) is 2.08. The van der Waals surface area contributed by atoms with Crippen LogP contribution in [0.15, 0.2) is 30.5 Å². The highest BCUT2D eigenvalue weighted by Crippen LogP contribution is 2.27. The van der Waals surface area contributed by atoms with Gasteiger partial charge in [0.15, 0.2) is 0 Å². The number of aromatic nitrogens is 2. The lowest BCUT2D eigenvalue weighted by Crippen LogP contribution is -2.30. The van der Waals surface area contributed by atoms with E-state index in [4.69, 9.17) is 5.26 Å². The summed E-state index contributed by atoms with van der Waals surface area (Å²) in [5, 5.41) is 18.2. The summed E-state index contributed by atoms with van der Waals surface area (Å²) in [5.74, 6) is 7.09. The highest BCUT2D eigenvalue weighted by Gasteiger charge is 2.29. The lowest BCUT2D eigenvalue weighted by molar-refractivity contribution is -0.124. The van der Waals surface area contributed by atoms with Crippen LogP contribution in [0.1, 0.15) is 56.6 Å². The van der Waals surface area contributed by atoms with Crippen molar-refractivity contribution in [1.82, 2.24) is 15.3 Å². The fraction of sp³-hybridized carbons (Fsp3) is 0.440. The van der Waals surface area contributed by atoms with Crippen molar-refractivity contribution in [2.24, 2.45) is 5.92 Å². The number of carbonyl (C=O) groups excluding carboxylic acids is 1. The number of hydrogen-bond donors (Lipinski definition) is 3. The number of rotatable bonds is 9. The maximum absolute atomic E-state index is 13.2. The number of hydrogen-bond acceptors (Lipinski definition) is 6. The molecule has 1 aliphatic rings. The van der Waals surface area contributed by atoms with E-state index in [9.17, 15) is 9.18 Å². The molecule has 2 atom stereocenters. The van der Waals surface area contributed by atoms with E-state index in [2.05, 4.69) is 50.8 Å². The Labute approximate surface area is 194 Å². The summed E-state index contributed by atoms with van der Waals surface area (Å²) >= 11 is 0. The highest BCUT2D eigenvalue weighted by molar-refractivity contribution is 5.78. The SMILES string of the molecule is CCCNc1nc(Nc2ccc(C#N)cc2)ncc1C#CCCCNC(=O)[C@H]1CC[C@@H](F)C1. The Hall–Kier alpha value is -3.65. The van der Waals surface area contributed by atoms with Crippen molar-refractivity contribution < 1.29 is 9.18 Å². The molecule has 0 radical (unpaired) electrons. The first-order chi connectivity index (χ1) is 16.1. The van der Waals surface area contributed by atoms with Crippen LogP contribution < -0.4 is 16.0 Å². The van der Waals surface area contributed by atoms with Crippen molar-refractivity contribution in [2.45, 2.75) is 51.6 Å². The smallest absolute Gasteiger partial charge is 0.229 e. The van der Waals surface area contributed by atoms with E-state index in [-0.39, 0.29) is 11.8 Å². The first-order valence-electron chi connectivity index (χ1n) is 11.4. The van der Waals surface area contributed by atoms with Crippen LogP contribution >= 0.6 is 0 Å². The third kappa shape index (κ3) is 7.47. The maximum Gasteiger partial charge on any atom is 0.229 e. The minimum atomic E-state index is -0.838. The van der Waals surface area contributed by atoms with Gasteiger partial charge in [-0.25, -0.2) is 9.37 Å². The van der Waals surface area contributed by atoms with Gasteiger partial charge in [-0.15, -0.1) is 0 Å². The van der Waals surface area contributed by atoms with Crippen molar-refractivity contribution in [2.75, 3.05) is 23.7 Å². The maximum atomic E-state index is 13.2. The van der Waals surface area contributed by atoms with E-state index in [1.807, 2.05) is 0 Å². The normalized spacial score (nSPS) is 16.9. The number of anilines is 3. The molecule has 0 spiro atoms. The van der Waals surface area contributed by atoms with Gasteiger partial charge in [0.2, 0.25) is 11.9 Å². The van der Waals surface area contributed by atoms with Gasteiger partial charge in [0.1, 0.15) is 12.0 Å². The van der Waals surface area contributed by atoms with Crippen molar-refractivity contribution in [3.63, 3.8) is 0 Å². The molecule has 3 N–H and O–H groups in total. The Bertz CT molecular complexity index is 1040. The Morgan fingerprint density at radius 3 is 2.76 bits per heavy atom. The van der Waals surface area contributed by atoms with Crippen LogP contribution in [0.25, 0.3) is 0 Å². The molecule has 1 saturated carbocycles. The van der Waals surface area contributed by atoms with Gasteiger partial charge in [0, 0.05) is 31.1 Å². The Balaban J connectivity index is 1.54. The first kappa shape index (κ1) is 24.0. The topological polar surface area (TPSA) is 103 Å². The Morgan fingerprint density at radius 2 is 2.06 bits per heavy atom. The molecule has 7 nitrogen and oxygen atoms in total. The van der Waals surface area contributed by atoms with Crippen LogP contribution in [0.4, 0.5) is 21.8 Å². The molecule has 0 saturated heterocycles. The summed E-state index contributed by atoms with van der Waals surface area (Å²) in [6.07, 6.45) is 4.59. The number of nitrogens with zero attached hydrogens (tertiary/aromatic N) is 3. The van der Waals surface area contributed by atoms with Crippen LogP contribution in [0.3, 0.4) is 0 Å². The second kappa shape index (κ2) is 12.4. The van der Waals surface area contributed by atoms with E-state index >= 15 is 0 Å². The number of benzene rings is 1. The molecule has 33 heavy (non-hydrogen) atoms. The molecular formula is C25H29FN6O. The van der Waals surface area contributed by atoms with Crippen LogP contribution in [-0.4, -0.2) is 35.1 Å². The zero-order valence-electron chi connectivity index (χ0n) is 18.8. The van der Waals surface area contributed by atoms with E-state index in [1.54, 1.807) is 30.5 Å². The van der Waals surface area contributed by atoms with Crippen LogP contribution in [-0.2, 0) is 4.79 Å². The molecule has 1 heterocycles. The monoisotopic (exact) mass is 448 g/mol. The largest absolute Gasteiger partial charge is 0.369 e. The predicted octanol–water partition coefficient (Wildman–Crippen LogP) is 4.30. The number of halogens is 1. The fourth-order valence-corrected chi connectivity index (χ4v) is 3.52. The zero-order valence-corrected chi connectivity index (χ0v) is 18.8. The standard InChI is InChI=1S/C25H29FN6O/c1-2-13-28-23-20(6-4-3-5-14-29-24(33)19-9-10-21(26)15-19)17-30-25(32-23)31-22-11-7-18(16-27)8-12-22/h7-8,11-12,17,19,21H,2-3,5,9-10,13-15H2,1H3,(H,29,33)(H2,28,30,31,32)/t19-,21+/m0/s1. The first-order valence-corrected chi connectivity index (χ1v) is 11.4. The Morgan fingerprint density at radius 1 is 1.24 bits per heavy atom.